The standard InChI is InChI=1S/C26H26ClN5O3/c1-16-20(10-31(2)30-16)18-5-3-4-6-19(18)22-23(27)32-8-7-17(9-21(32)29-22)24(34)28-13-26-11-25(12-26,14-33)15-35-26/h3-10,33H,11-15H2,1-2H3,(H,28,34). The minimum atomic E-state index is -0.347. The molecule has 1 aliphatic carbocycles. The van der Waals surface area contributed by atoms with Gasteiger partial charge in [-0.2, -0.15) is 5.10 Å². The van der Waals surface area contributed by atoms with E-state index in [4.69, 9.17) is 21.3 Å². The molecule has 180 valence electrons. The fourth-order valence-electron chi connectivity index (χ4n) is 5.62. The van der Waals surface area contributed by atoms with Gasteiger partial charge in [0.1, 0.15) is 16.5 Å². The Labute approximate surface area is 207 Å². The van der Waals surface area contributed by atoms with E-state index in [1.54, 1.807) is 27.4 Å². The molecule has 5 heterocycles. The molecule has 1 aromatic carbocycles. The van der Waals surface area contributed by atoms with Gasteiger partial charge in [-0.15, -0.1) is 0 Å². The first-order valence-corrected chi connectivity index (χ1v) is 12.0. The molecule has 7 rings (SSSR count). The molecule has 3 fully saturated rings. The van der Waals surface area contributed by atoms with Crippen LogP contribution in [-0.4, -0.2) is 55.5 Å². The lowest BCUT2D eigenvalue weighted by atomic mass is 9.63. The van der Waals surface area contributed by atoms with Crippen LogP contribution in [0.5, 0.6) is 0 Å². The molecule has 0 radical (unpaired) electrons. The molecule has 2 bridgehead atoms. The summed E-state index contributed by atoms with van der Waals surface area (Å²) < 4.78 is 9.45. The van der Waals surface area contributed by atoms with Crippen molar-refractivity contribution in [1.82, 2.24) is 24.5 Å². The Kier molecular flexibility index (Phi) is 5.03. The maximum Gasteiger partial charge on any atom is 0.251 e. The number of aryl methyl sites for hydroxylation is 2. The first kappa shape index (κ1) is 22.3. The van der Waals surface area contributed by atoms with Gasteiger partial charge in [-0.05, 0) is 37.5 Å². The maximum absolute atomic E-state index is 12.9. The number of benzene rings is 1. The Balaban J connectivity index is 1.28. The lowest BCUT2D eigenvalue weighted by Gasteiger charge is -2.43. The summed E-state index contributed by atoms with van der Waals surface area (Å²) in [5.74, 6) is -0.189. The zero-order chi connectivity index (χ0) is 24.4. The fourth-order valence-corrected chi connectivity index (χ4v) is 5.91. The number of nitrogens with zero attached hydrogens (tertiary/aromatic N) is 4. The fraction of sp³-hybridized carbons (Fsp3) is 0.346. The quantitative estimate of drug-likeness (QED) is 0.429. The molecule has 1 amide bonds. The van der Waals surface area contributed by atoms with E-state index in [1.807, 2.05) is 44.4 Å². The number of imidazole rings is 1. The van der Waals surface area contributed by atoms with Gasteiger partial charge in [-0.1, -0.05) is 35.9 Å². The van der Waals surface area contributed by atoms with Crippen molar-refractivity contribution < 1.29 is 14.6 Å². The number of aliphatic hydroxyl groups is 1. The number of halogens is 1. The highest BCUT2D eigenvalue weighted by molar-refractivity contribution is 6.32. The molecule has 4 aromatic rings. The number of aliphatic hydroxyl groups excluding tert-OH is 1. The second-order valence-corrected chi connectivity index (χ2v) is 10.3. The van der Waals surface area contributed by atoms with Gasteiger partial charge >= 0.3 is 0 Å². The predicted octanol–water partition coefficient (Wildman–Crippen LogP) is 3.63. The van der Waals surface area contributed by atoms with E-state index in [9.17, 15) is 9.90 Å². The molecule has 2 N–H and O–H groups in total. The van der Waals surface area contributed by atoms with Crippen LogP contribution in [0.25, 0.3) is 28.0 Å². The third-order valence-electron chi connectivity index (χ3n) is 7.30. The summed E-state index contributed by atoms with van der Waals surface area (Å²) in [6, 6.07) is 11.5. The van der Waals surface area contributed by atoms with Crippen molar-refractivity contribution in [3.05, 3.63) is 65.2 Å². The normalized spacial score (nSPS) is 23.0. The van der Waals surface area contributed by atoms with Crippen molar-refractivity contribution in [1.29, 1.82) is 0 Å². The van der Waals surface area contributed by atoms with Crippen LogP contribution >= 0.6 is 11.6 Å². The third kappa shape index (κ3) is 3.55. The van der Waals surface area contributed by atoms with Crippen LogP contribution in [0.4, 0.5) is 0 Å². The molecular formula is C26H26ClN5O3. The average molecular weight is 492 g/mol. The van der Waals surface area contributed by atoms with Crippen molar-refractivity contribution in [2.24, 2.45) is 12.5 Å². The van der Waals surface area contributed by atoms with Crippen molar-refractivity contribution >= 4 is 23.2 Å². The molecule has 0 unspecified atom stereocenters. The van der Waals surface area contributed by atoms with E-state index in [2.05, 4.69) is 10.4 Å². The second-order valence-electron chi connectivity index (χ2n) is 9.91. The summed E-state index contributed by atoms with van der Waals surface area (Å²) in [5, 5.41) is 17.5. The van der Waals surface area contributed by atoms with E-state index >= 15 is 0 Å². The number of rotatable bonds is 6. The summed E-state index contributed by atoms with van der Waals surface area (Å²) in [4.78, 5) is 17.7. The number of pyridine rings is 1. The van der Waals surface area contributed by atoms with Crippen LogP contribution in [0.1, 0.15) is 28.9 Å². The number of fused-ring (bicyclic) bond motifs is 2. The van der Waals surface area contributed by atoms with Crippen LogP contribution < -0.4 is 5.32 Å². The van der Waals surface area contributed by atoms with Gasteiger partial charge in [0.2, 0.25) is 0 Å². The van der Waals surface area contributed by atoms with Gasteiger partial charge < -0.3 is 15.2 Å². The van der Waals surface area contributed by atoms with E-state index < -0.39 is 0 Å². The first-order chi connectivity index (χ1) is 16.8. The minimum Gasteiger partial charge on any atom is -0.396 e. The molecular weight excluding hydrogens is 466 g/mol. The van der Waals surface area contributed by atoms with Crippen LogP contribution in [0.15, 0.2) is 48.8 Å². The summed E-state index contributed by atoms with van der Waals surface area (Å²) in [6.45, 7) is 3.09. The Bertz CT molecular complexity index is 1470. The zero-order valence-electron chi connectivity index (χ0n) is 19.6. The number of nitrogens with one attached hydrogen (secondary N) is 1. The average Bonchev–Trinajstić information content (AvgIpc) is 3.58. The van der Waals surface area contributed by atoms with Crippen molar-refractivity contribution in [3.8, 4) is 22.4 Å². The van der Waals surface area contributed by atoms with Gasteiger partial charge in [-0.25, -0.2) is 4.98 Å². The summed E-state index contributed by atoms with van der Waals surface area (Å²) in [6.07, 6.45) is 5.32. The van der Waals surface area contributed by atoms with Gasteiger partial charge in [0, 0.05) is 48.1 Å². The first-order valence-electron chi connectivity index (χ1n) is 11.6. The molecule has 9 heteroatoms. The molecule has 3 aromatic heterocycles. The number of aromatic nitrogens is 4. The Morgan fingerprint density at radius 1 is 1.23 bits per heavy atom. The van der Waals surface area contributed by atoms with Gasteiger partial charge in [0.15, 0.2) is 0 Å². The Hall–Kier alpha value is -3.20. The molecule has 35 heavy (non-hydrogen) atoms. The zero-order valence-corrected chi connectivity index (χ0v) is 20.3. The highest BCUT2D eigenvalue weighted by Crippen LogP contribution is 2.57. The Morgan fingerprint density at radius 3 is 2.69 bits per heavy atom. The molecule has 2 saturated heterocycles. The van der Waals surface area contributed by atoms with Crippen LogP contribution in [-0.2, 0) is 11.8 Å². The lowest BCUT2D eigenvalue weighted by molar-refractivity contribution is -0.0256. The largest absolute Gasteiger partial charge is 0.396 e. The highest BCUT2D eigenvalue weighted by atomic mass is 35.5. The molecule has 0 atom stereocenters. The molecule has 0 spiro atoms. The molecule has 8 nitrogen and oxygen atoms in total. The second kappa shape index (κ2) is 7.91. The summed E-state index contributed by atoms with van der Waals surface area (Å²) in [7, 11) is 1.90. The number of carbonyl (C=O) groups is 1. The van der Waals surface area contributed by atoms with Gasteiger partial charge in [0.05, 0.1) is 24.5 Å². The number of hydrogen-bond donors (Lipinski definition) is 2. The monoisotopic (exact) mass is 491 g/mol. The third-order valence-corrected chi connectivity index (χ3v) is 7.66. The van der Waals surface area contributed by atoms with E-state index in [1.165, 1.54) is 0 Å². The molecule has 3 aliphatic rings. The topological polar surface area (TPSA) is 93.7 Å². The van der Waals surface area contributed by atoms with Crippen LogP contribution in [0.2, 0.25) is 5.15 Å². The number of carbonyl (C=O) groups excluding carboxylic acids is 1. The number of ether oxygens (including phenoxy) is 1. The van der Waals surface area contributed by atoms with Gasteiger partial charge in [-0.3, -0.25) is 13.9 Å². The Morgan fingerprint density at radius 2 is 2.00 bits per heavy atom. The van der Waals surface area contributed by atoms with Crippen molar-refractivity contribution in [2.75, 3.05) is 19.8 Å². The van der Waals surface area contributed by atoms with Crippen molar-refractivity contribution in [3.63, 3.8) is 0 Å². The predicted molar refractivity (Wildman–Crippen MR) is 132 cm³/mol. The van der Waals surface area contributed by atoms with E-state index in [0.29, 0.717) is 35.2 Å². The van der Waals surface area contributed by atoms with Crippen molar-refractivity contribution in [2.45, 2.75) is 25.4 Å². The van der Waals surface area contributed by atoms with E-state index in [-0.39, 0.29) is 23.5 Å². The highest BCUT2D eigenvalue weighted by Gasteiger charge is 2.61. The lowest BCUT2D eigenvalue weighted by Crippen LogP contribution is -2.52. The van der Waals surface area contributed by atoms with Crippen LogP contribution in [0.3, 0.4) is 0 Å². The van der Waals surface area contributed by atoms with Crippen LogP contribution in [0, 0.1) is 12.3 Å². The number of amides is 1. The molecule has 2 aliphatic heterocycles. The van der Waals surface area contributed by atoms with Gasteiger partial charge in [0.25, 0.3) is 5.91 Å². The smallest absolute Gasteiger partial charge is 0.251 e. The molecule has 1 saturated carbocycles. The minimum absolute atomic E-state index is 0.114. The van der Waals surface area contributed by atoms with E-state index in [0.717, 1.165) is 35.2 Å². The number of hydrogen-bond acceptors (Lipinski definition) is 5. The summed E-state index contributed by atoms with van der Waals surface area (Å²) >= 11 is 6.77. The summed E-state index contributed by atoms with van der Waals surface area (Å²) in [5.41, 5.74) is 5.12. The SMILES string of the molecule is Cc1nn(C)cc1-c1ccccc1-c1nc2cc(C(=O)NCC34CC(CO)(CO3)C4)ccn2c1Cl. The maximum atomic E-state index is 12.9.